The lowest BCUT2D eigenvalue weighted by molar-refractivity contribution is -0.132. The van der Waals surface area contributed by atoms with Gasteiger partial charge in [0.15, 0.2) is 0 Å². The van der Waals surface area contributed by atoms with Crippen LogP contribution < -0.4 is 16.0 Å². The fraction of sp³-hybridized carbons (Fsp3) is 0.793. The normalized spacial score (nSPS) is 18.9. The lowest BCUT2D eigenvalue weighted by Gasteiger charge is -2.17. The maximum absolute atomic E-state index is 12.3. The minimum absolute atomic E-state index is 0.0433. The molecule has 10 nitrogen and oxygen atoms in total. The zero-order chi connectivity index (χ0) is 31.3. The van der Waals surface area contributed by atoms with E-state index < -0.39 is 0 Å². The van der Waals surface area contributed by atoms with Crippen molar-refractivity contribution in [3.63, 3.8) is 0 Å². The first-order valence-electron chi connectivity index (χ1n) is 15.5. The summed E-state index contributed by atoms with van der Waals surface area (Å²) in [7, 11) is 5.39. The molecule has 0 spiro atoms. The predicted octanol–water partition coefficient (Wildman–Crippen LogP) is 3.41. The molecule has 0 aromatic rings. The molecule has 13 heteroatoms. The average Bonchev–Trinajstić information content (AvgIpc) is 3.43. The summed E-state index contributed by atoms with van der Waals surface area (Å²) in [6, 6.07) is 0.139. The van der Waals surface area contributed by atoms with Crippen molar-refractivity contribution in [1.82, 2.24) is 20.8 Å². The highest BCUT2D eigenvalue weighted by Crippen LogP contribution is 2.25. The Labute approximate surface area is 261 Å². The number of amides is 6. The van der Waals surface area contributed by atoms with Crippen LogP contribution in [0.1, 0.15) is 111 Å². The molecule has 2 fully saturated rings. The van der Waals surface area contributed by atoms with Crippen LogP contribution in [0.15, 0.2) is 0 Å². The molecule has 3 N–H and O–H groups in total. The molecule has 2 radical (unpaired) electrons. The molecule has 3 atom stereocenters. The van der Waals surface area contributed by atoms with E-state index in [0.717, 1.165) is 75.7 Å². The molecule has 2 aliphatic rings. The fourth-order valence-electron chi connectivity index (χ4n) is 4.51. The number of carbonyl (C=O) groups is 6. The Morgan fingerprint density at radius 2 is 1.50 bits per heavy atom. The summed E-state index contributed by atoms with van der Waals surface area (Å²) in [5.41, 5.74) is 0. The topological polar surface area (TPSA) is 142 Å². The highest BCUT2D eigenvalue weighted by atomic mass is 32.2. The van der Waals surface area contributed by atoms with Gasteiger partial charge in [-0.2, -0.15) is 0 Å². The molecule has 42 heavy (non-hydrogen) atoms. The minimum Gasteiger partial charge on any atom is -0.356 e. The number of hydrogen-bond donors (Lipinski definition) is 3. The Bertz CT molecular complexity index is 894. The molecule has 0 bridgehead atoms. The zero-order valence-corrected chi connectivity index (χ0v) is 27.2. The highest BCUT2D eigenvalue weighted by Gasteiger charge is 2.35. The summed E-state index contributed by atoms with van der Waals surface area (Å²) in [6.07, 6.45) is 10.1. The van der Waals surface area contributed by atoms with Crippen molar-refractivity contribution < 1.29 is 28.8 Å². The quantitative estimate of drug-likeness (QED) is 0.100. The summed E-state index contributed by atoms with van der Waals surface area (Å²) >= 11 is 2.97. The first-order chi connectivity index (χ1) is 20.2. The molecular formula is C29H49BN4O6S2. The van der Waals surface area contributed by atoms with Crippen molar-refractivity contribution in [3.8, 4) is 0 Å². The van der Waals surface area contributed by atoms with Crippen molar-refractivity contribution in [3.05, 3.63) is 0 Å². The number of nitrogens with zero attached hydrogens (tertiary/aromatic N) is 1. The summed E-state index contributed by atoms with van der Waals surface area (Å²) in [4.78, 5) is 71.0. The van der Waals surface area contributed by atoms with E-state index in [1.54, 1.807) is 0 Å². The van der Waals surface area contributed by atoms with Crippen molar-refractivity contribution in [1.29, 1.82) is 0 Å². The van der Waals surface area contributed by atoms with Gasteiger partial charge in [0.1, 0.15) is 0 Å². The predicted molar refractivity (Wildman–Crippen MR) is 170 cm³/mol. The van der Waals surface area contributed by atoms with Gasteiger partial charge in [0, 0.05) is 38.3 Å². The Morgan fingerprint density at radius 3 is 2.05 bits per heavy atom. The van der Waals surface area contributed by atoms with Crippen LogP contribution in [0.25, 0.3) is 0 Å². The second-order valence-corrected chi connectivity index (χ2v) is 12.9. The van der Waals surface area contributed by atoms with Gasteiger partial charge in [0.2, 0.25) is 43.4 Å². The summed E-state index contributed by atoms with van der Waals surface area (Å²) in [5.74, 6) is 0.639. The smallest absolute Gasteiger partial charge is 0.242 e. The Morgan fingerprint density at radius 1 is 0.881 bits per heavy atom. The van der Waals surface area contributed by atoms with Crippen molar-refractivity contribution in [2.45, 2.75) is 127 Å². The van der Waals surface area contributed by atoms with Gasteiger partial charge in [0.25, 0.3) is 0 Å². The van der Waals surface area contributed by atoms with Gasteiger partial charge >= 0.3 is 0 Å². The molecule has 2 aliphatic heterocycles. The van der Waals surface area contributed by atoms with E-state index in [0.29, 0.717) is 24.2 Å². The van der Waals surface area contributed by atoms with E-state index in [9.17, 15) is 28.8 Å². The van der Waals surface area contributed by atoms with Gasteiger partial charge in [-0.25, -0.2) is 0 Å². The van der Waals surface area contributed by atoms with Crippen LogP contribution >= 0.6 is 23.5 Å². The Balaban J connectivity index is 0.00000431. The van der Waals surface area contributed by atoms with E-state index in [4.69, 9.17) is 7.98 Å². The van der Waals surface area contributed by atoms with E-state index in [2.05, 4.69) is 22.9 Å². The molecular weight excluding hydrogens is 575 g/mol. The third-order valence-electron chi connectivity index (χ3n) is 6.96. The van der Waals surface area contributed by atoms with Crippen LogP contribution in [-0.4, -0.2) is 82.8 Å². The average molecular weight is 625 g/mol. The largest absolute Gasteiger partial charge is 0.356 e. The molecule has 236 valence electrons. The van der Waals surface area contributed by atoms with Gasteiger partial charge < -0.3 is 15.4 Å². The lowest BCUT2D eigenvalue weighted by Crippen LogP contribution is -2.34. The first-order valence-corrected chi connectivity index (χ1v) is 17.6. The van der Waals surface area contributed by atoms with Crippen molar-refractivity contribution in [2.24, 2.45) is 0 Å². The molecule has 2 rings (SSSR count). The fourth-order valence-corrected chi connectivity index (χ4v) is 6.81. The first kappa shape index (κ1) is 38.0. The van der Waals surface area contributed by atoms with E-state index in [1.165, 1.54) is 23.5 Å². The summed E-state index contributed by atoms with van der Waals surface area (Å²) < 4.78 is 0. The second kappa shape index (κ2) is 22.5. The number of carbonyl (C=O) groups excluding carboxylic acids is 6. The van der Waals surface area contributed by atoms with Crippen LogP contribution in [-0.2, 0) is 28.8 Å². The number of rotatable bonds is 21. The van der Waals surface area contributed by atoms with Crippen molar-refractivity contribution >= 4 is 66.9 Å². The SMILES string of the molecule is CC.[B]N1C(=O)CC(SCCCCCC(=O)NCCCCC(CC)NC(=O)CCCCCSC2CC(=O)NC2=O)C1=O. The van der Waals surface area contributed by atoms with Crippen LogP contribution in [0, 0.1) is 0 Å². The lowest BCUT2D eigenvalue weighted by atomic mass is 10.1. The third-order valence-corrected chi connectivity index (χ3v) is 9.56. The molecule has 0 saturated carbocycles. The van der Waals surface area contributed by atoms with E-state index >= 15 is 0 Å². The van der Waals surface area contributed by atoms with Gasteiger partial charge in [0.05, 0.1) is 10.5 Å². The van der Waals surface area contributed by atoms with Crippen LogP contribution in [0.2, 0.25) is 0 Å². The van der Waals surface area contributed by atoms with E-state index in [-0.39, 0.29) is 64.8 Å². The molecule has 6 amide bonds. The van der Waals surface area contributed by atoms with Crippen LogP contribution in [0.3, 0.4) is 0 Å². The second-order valence-electron chi connectivity index (χ2n) is 10.3. The summed E-state index contributed by atoms with van der Waals surface area (Å²) in [6.45, 7) is 6.69. The molecule has 3 unspecified atom stereocenters. The zero-order valence-electron chi connectivity index (χ0n) is 25.5. The molecule has 0 aromatic heterocycles. The van der Waals surface area contributed by atoms with Gasteiger partial charge in [-0.15, -0.1) is 23.5 Å². The molecule has 0 aromatic carbocycles. The van der Waals surface area contributed by atoms with Crippen LogP contribution in [0.4, 0.5) is 0 Å². The number of nitrogens with one attached hydrogen (secondary N) is 3. The maximum atomic E-state index is 12.3. The number of unbranched alkanes of at least 4 members (excludes halogenated alkanes) is 5. The molecule has 2 heterocycles. The Hall–Kier alpha value is -2.02. The molecule has 0 aliphatic carbocycles. The highest BCUT2D eigenvalue weighted by molar-refractivity contribution is 8.00. The van der Waals surface area contributed by atoms with Crippen LogP contribution in [0.5, 0.6) is 0 Å². The monoisotopic (exact) mass is 624 g/mol. The van der Waals surface area contributed by atoms with Gasteiger partial charge in [-0.3, -0.25) is 34.1 Å². The maximum Gasteiger partial charge on any atom is 0.242 e. The van der Waals surface area contributed by atoms with Gasteiger partial charge in [-0.05, 0) is 62.9 Å². The Kier molecular flexibility index (Phi) is 20.4. The number of imide groups is 2. The minimum atomic E-state index is -0.370. The summed E-state index contributed by atoms with van der Waals surface area (Å²) in [5, 5.41) is 7.76. The van der Waals surface area contributed by atoms with Gasteiger partial charge in [-0.1, -0.05) is 33.6 Å². The van der Waals surface area contributed by atoms with E-state index in [1.807, 2.05) is 13.8 Å². The molecule has 2 saturated heterocycles. The number of hydrogen-bond acceptors (Lipinski definition) is 8. The standard InChI is InChI=1S/C27H43BN4O6S2.C2H6/c1-2-19(30-23(34)13-6-4-9-15-39-20-17-24(35)31-26(20)37)11-7-8-14-29-22(33)12-5-3-10-16-40-21-18-25(36)32(28)27(21)38;1-2/h19-21H,2-18H2,1H3,(H,29,33)(H,30,34)(H,31,35,37);1-2H3. The number of thioether (sulfide) groups is 2. The van der Waals surface area contributed by atoms with Crippen molar-refractivity contribution in [2.75, 3.05) is 18.1 Å². The third kappa shape index (κ3) is 15.5.